The highest BCUT2D eigenvalue weighted by molar-refractivity contribution is 6.31. The minimum atomic E-state index is -1.36. The molecule has 2 aliphatic rings. The Kier molecular flexibility index (Phi) is 8.18. The summed E-state index contributed by atoms with van der Waals surface area (Å²) in [6.45, 7) is 8.15. The summed E-state index contributed by atoms with van der Waals surface area (Å²) in [4.78, 5) is 35.8. The van der Waals surface area contributed by atoms with Crippen molar-refractivity contribution in [3.63, 3.8) is 0 Å². The van der Waals surface area contributed by atoms with Crippen molar-refractivity contribution >= 4 is 40.7 Å². The molecule has 3 N–H and O–H groups in total. The lowest BCUT2D eigenvalue weighted by atomic mass is 9.82. The summed E-state index contributed by atoms with van der Waals surface area (Å²) >= 11 is 6.50. The average molecular weight is 592 g/mol. The number of hydrogen-bond acceptors (Lipinski definition) is 7. The van der Waals surface area contributed by atoms with Crippen LogP contribution < -0.4 is 15.4 Å². The molecule has 0 spiro atoms. The van der Waals surface area contributed by atoms with Gasteiger partial charge in [-0.25, -0.2) is 9.97 Å². The summed E-state index contributed by atoms with van der Waals surface area (Å²) < 4.78 is 5.71. The van der Waals surface area contributed by atoms with Crippen molar-refractivity contribution in [2.45, 2.75) is 70.3 Å². The molecule has 0 saturated carbocycles. The van der Waals surface area contributed by atoms with Crippen LogP contribution in [0.4, 0.5) is 17.3 Å². The number of rotatable bonds is 8. The second kappa shape index (κ2) is 11.5. The number of likely N-dealkylation sites (tertiary alicyclic amines) is 1. The topological polar surface area (TPSA) is 117 Å². The first-order valence-electron chi connectivity index (χ1n) is 14.3. The smallest absolute Gasteiger partial charge is 0.253 e. The van der Waals surface area contributed by atoms with Gasteiger partial charge in [-0.2, -0.15) is 0 Å². The van der Waals surface area contributed by atoms with Gasteiger partial charge in [0.05, 0.1) is 35.1 Å². The van der Waals surface area contributed by atoms with Gasteiger partial charge in [-0.15, -0.1) is 0 Å². The number of anilines is 3. The van der Waals surface area contributed by atoms with Crippen molar-refractivity contribution in [3.8, 4) is 5.75 Å². The molecule has 0 unspecified atom stereocenters. The van der Waals surface area contributed by atoms with Crippen LogP contribution in [0.5, 0.6) is 5.75 Å². The number of ether oxygens (including phenoxy) is 1. The largest absolute Gasteiger partial charge is 0.495 e. The lowest BCUT2D eigenvalue weighted by molar-refractivity contribution is -0.148. The number of aryl methyl sites for hydroxylation is 2. The van der Waals surface area contributed by atoms with E-state index < -0.39 is 11.0 Å². The Morgan fingerprint density at radius 3 is 2.64 bits per heavy atom. The molecular formula is C32H38ClN5O4. The van der Waals surface area contributed by atoms with Crippen molar-refractivity contribution in [2.24, 2.45) is 0 Å². The molecule has 2 aliphatic heterocycles. The van der Waals surface area contributed by atoms with Gasteiger partial charge < -0.3 is 25.4 Å². The molecule has 10 heteroatoms. The minimum Gasteiger partial charge on any atom is -0.495 e. The van der Waals surface area contributed by atoms with Crippen LogP contribution in [-0.4, -0.2) is 57.6 Å². The Bertz CT molecular complexity index is 1510. The van der Waals surface area contributed by atoms with Crippen LogP contribution in [-0.2, 0) is 27.8 Å². The molecule has 0 bridgehead atoms. The van der Waals surface area contributed by atoms with Crippen LogP contribution in [0.2, 0.25) is 5.02 Å². The van der Waals surface area contributed by atoms with Crippen LogP contribution in [0.15, 0.2) is 42.6 Å². The first-order valence-corrected chi connectivity index (χ1v) is 14.7. The summed E-state index contributed by atoms with van der Waals surface area (Å²) in [5.74, 6) is 1.13. The second-order valence-electron chi connectivity index (χ2n) is 12.1. The van der Waals surface area contributed by atoms with E-state index in [9.17, 15) is 14.7 Å². The number of piperidine rings is 1. The highest BCUT2D eigenvalue weighted by Crippen LogP contribution is 2.40. The summed E-state index contributed by atoms with van der Waals surface area (Å²) in [5.41, 5.74) is 3.61. The van der Waals surface area contributed by atoms with E-state index in [-0.39, 0.29) is 17.7 Å². The van der Waals surface area contributed by atoms with E-state index in [0.29, 0.717) is 48.3 Å². The number of amides is 2. The van der Waals surface area contributed by atoms with Gasteiger partial charge in [0.2, 0.25) is 11.9 Å². The zero-order valence-electron chi connectivity index (χ0n) is 24.8. The summed E-state index contributed by atoms with van der Waals surface area (Å²) in [6.07, 6.45) is 4.48. The number of nitrogens with zero attached hydrogens (tertiary/aromatic N) is 3. The van der Waals surface area contributed by atoms with Gasteiger partial charge in [-0.05, 0) is 94.2 Å². The number of methoxy groups -OCH3 is 1. The van der Waals surface area contributed by atoms with Gasteiger partial charge in [-0.1, -0.05) is 29.8 Å². The fraction of sp³-hybridized carbons (Fsp3) is 0.438. The Morgan fingerprint density at radius 1 is 1.21 bits per heavy atom. The number of hydrogen-bond donors (Lipinski definition) is 3. The predicted molar refractivity (Wildman–Crippen MR) is 164 cm³/mol. The quantitative estimate of drug-likeness (QED) is 0.322. The van der Waals surface area contributed by atoms with Gasteiger partial charge in [0.15, 0.2) is 0 Å². The van der Waals surface area contributed by atoms with Crippen molar-refractivity contribution in [1.82, 2.24) is 14.9 Å². The van der Waals surface area contributed by atoms with Crippen molar-refractivity contribution < 1.29 is 19.4 Å². The highest BCUT2D eigenvalue weighted by Gasteiger charge is 2.40. The summed E-state index contributed by atoms with van der Waals surface area (Å²) in [5, 5.41) is 16.8. The molecule has 3 heterocycles. The lowest BCUT2D eigenvalue weighted by Gasteiger charge is -2.35. The van der Waals surface area contributed by atoms with E-state index in [0.717, 1.165) is 40.9 Å². The number of carbonyl (C=O) groups excluding carboxylic acids is 2. The molecule has 2 aromatic carbocycles. The Morgan fingerprint density at radius 2 is 1.95 bits per heavy atom. The maximum atomic E-state index is 12.5. The van der Waals surface area contributed by atoms with Crippen LogP contribution in [0.3, 0.4) is 0 Å². The fourth-order valence-electron chi connectivity index (χ4n) is 5.92. The number of aliphatic hydroxyl groups is 1. The normalized spacial score (nSPS) is 16.6. The number of aromatic nitrogens is 2. The maximum Gasteiger partial charge on any atom is 0.253 e. The molecule has 42 heavy (non-hydrogen) atoms. The lowest BCUT2D eigenvalue weighted by Crippen LogP contribution is -2.48. The average Bonchev–Trinajstić information content (AvgIpc) is 3.20. The van der Waals surface area contributed by atoms with E-state index >= 15 is 0 Å². The van der Waals surface area contributed by atoms with E-state index in [4.69, 9.17) is 21.3 Å². The van der Waals surface area contributed by atoms with E-state index in [1.54, 1.807) is 18.2 Å². The Balaban J connectivity index is 1.27. The molecule has 222 valence electrons. The van der Waals surface area contributed by atoms with E-state index in [2.05, 4.69) is 27.8 Å². The molecule has 5 rings (SSSR count). The first-order chi connectivity index (χ1) is 19.9. The van der Waals surface area contributed by atoms with Crippen molar-refractivity contribution in [2.75, 3.05) is 30.8 Å². The van der Waals surface area contributed by atoms with Crippen LogP contribution >= 0.6 is 11.6 Å². The van der Waals surface area contributed by atoms with Gasteiger partial charge in [0, 0.05) is 18.8 Å². The Hall–Kier alpha value is -3.69. The standard InChI is InChI=1S/C32H38ClN5O4/c1-31(2)27-20(7-6-8-25(27)35-28(31)39)9-11-23-22(33)18-34-30(36-23)37-24-12-10-21(17-26(24)42-5)19-13-15-38(16-14-19)29(40)32(3,4)41/h6-8,10,12,17-19,41H,9,11,13-16H2,1-5H3,(H,35,39)(H,34,36,37). The summed E-state index contributed by atoms with van der Waals surface area (Å²) in [7, 11) is 1.63. The molecule has 9 nitrogen and oxygen atoms in total. The number of halogens is 1. The maximum absolute atomic E-state index is 12.5. The molecule has 1 fully saturated rings. The minimum absolute atomic E-state index is 0.00257. The van der Waals surface area contributed by atoms with Crippen LogP contribution in [0.25, 0.3) is 0 Å². The molecule has 3 aromatic rings. The Labute approximate surface area is 251 Å². The zero-order chi connectivity index (χ0) is 30.2. The van der Waals surface area contributed by atoms with Crippen molar-refractivity contribution in [1.29, 1.82) is 0 Å². The molecule has 1 aromatic heterocycles. The summed E-state index contributed by atoms with van der Waals surface area (Å²) in [6, 6.07) is 12.0. The third-order valence-corrected chi connectivity index (χ3v) is 8.60. The number of nitrogens with one attached hydrogen (secondary N) is 2. The molecule has 0 aliphatic carbocycles. The second-order valence-corrected chi connectivity index (χ2v) is 12.5. The van der Waals surface area contributed by atoms with Gasteiger partial charge in [0.1, 0.15) is 11.4 Å². The van der Waals surface area contributed by atoms with Gasteiger partial charge >= 0.3 is 0 Å². The third kappa shape index (κ3) is 5.94. The number of carbonyl (C=O) groups is 2. The van der Waals surface area contributed by atoms with Crippen molar-refractivity contribution in [3.05, 3.63) is 70.0 Å². The number of benzene rings is 2. The first kappa shape index (κ1) is 29.8. The molecule has 0 atom stereocenters. The SMILES string of the molecule is COc1cc(C2CCN(C(=O)C(C)(C)O)CC2)ccc1Nc1ncc(Cl)c(CCc2cccc3c2C(C)(C)C(=O)N3)n1. The predicted octanol–water partition coefficient (Wildman–Crippen LogP) is 5.37. The molecule has 1 saturated heterocycles. The molecule has 2 amide bonds. The van der Waals surface area contributed by atoms with E-state index in [1.165, 1.54) is 13.8 Å². The van der Waals surface area contributed by atoms with Gasteiger partial charge in [0.25, 0.3) is 5.91 Å². The molecule has 0 radical (unpaired) electrons. The fourth-order valence-corrected chi connectivity index (χ4v) is 6.11. The van der Waals surface area contributed by atoms with E-state index in [1.807, 2.05) is 38.1 Å². The van der Waals surface area contributed by atoms with Crippen LogP contribution in [0.1, 0.15) is 68.8 Å². The zero-order valence-corrected chi connectivity index (χ0v) is 25.5. The van der Waals surface area contributed by atoms with Crippen LogP contribution in [0, 0.1) is 0 Å². The monoisotopic (exact) mass is 591 g/mol. The highest BCUT2D eigenvalue weighted by atomic mass is 35.5. The number of fused-ring (bicyclic) bond motifs is 1. The van der Waals surface area contributed by atoms with Gasteiger partial charge in [-0.3, -0.25) is 9.59 Å². The molecular weight excluding hydrogens is 554 g/mol. The third-order valence-electron chi connectivity index (χ3n) is 8.29.